The lowest BCUT2D eigenvalue weighted by Gasteiger charge is -2.33. The van der Waals surface area contributed by atoms with E-state index in [0.29, 0.717) is 34.9 Å². The number of piperidine rings is 1. The van der Waals surface area contributed by atoms with Gasteiger partial charge in [-0.05, 0) is 30.7 Å². The van der Waals surface area contributed by atoms with Gasteiger partial charge in [0.1, 0.15) is 6.54 Å². The van der Waals surface area contributed by atoms with E-state index in [9.17, 15) is 28.0 Å². The highest BCUT2D eigenvalue weighted by Crippen LogP contribution is 2.27. The first kappa shape index (κ1) is 18.9. The Morgan fingerprint density at radius 1 is 1.22 bits per heavy atom. The average Bonchev–Trinajstić information content (AvgIpc) is 2.82. The largest absolute Gasteiger partial charge is 0.350 e. The number of carbonyl (C=O) groups excluding carboxylic acids is 4. The Balaban J connectivity index is 1.70. The topological polar surface area (TPSA) is 98.8 Å². The van der Waals surface area contributed by atoms with E-state index in [4.69, 9.17) is 0 Å². The van der Waals surface area contributed by atoms with E-state index in [1.165, 1.54) is 6.07 Å². The third kappa shape index (κ3) is 3.65. The predicted octanol–water partition coefficient (Wildman–Crippen LogP) is -0.0529. The van der Waals surface area contributed by atoms with Crippen molar-refractivity contribution in [2.75, 3.05) is 26.7 Å². The number of carbonyl (C=O) groups is 4. The summed E-state index contributed by atoms with van der Waals surface area (Å²) in [7, 11) is 1.16. The number of benzene rings is 1. The molecule has 2 aliphatic heterocycles. The van der Waals surface area contributed by atoms with Crippen LogP contribution in [-0.4, -0.2) is 66.3 Å². The molecule has 10 heteroatoms. The minimum Gasteiger partial charge on any atom is -0.350 e. The van der Waals surface area contributed by atoms with Crippen LogP contribution in [0.3, 0.4) is 0 Å². The van der Waals surface area contributed by atoms with Gasteiger partial charge in [-0.15, -0.1) is 0 Å². The lowest BCUT2D eigenvalue weighted by molar-refractivity contribution is -0.143. The van der Waals surface area contributed by atoms with Crippen LogP contribution >= 0.6 is 0 Å². The second kappa shape index (κ2) is 7.39. The molecule has 2 heterocycles. The number of nitrogens with one attached hydrogen (secondary N) is 2. The van der Waals surface area contributed by atoms with Gasteiger partial charge in [0.15, 0.2) is 11.6 Å². The fourth-order valence-electron chi connectivity index (χ4n) is 3.30. The van der Waals surface area contributed by atoms with Gasteiger partial charge in [-0.2, -0.15) is 0 Å². The van der Waals surface area contributed by atoms with Gasteiger partial charge in [0.2, 0.25) is 5.91 Å². The number of hydrogen-bond donors (Lipinski definition) is 2. The van der Waals surface area contributed by atoms with Gasteiger partial charge in [0, 0.05) is 25.6 Å². The van der Waals surface area contributed by atoms with Crippen molar-refractivity contribution in [1.82, 2.24) is 20.4 Å². The van der Waals surface area contributed by atoms with E-state index in [1.54, 1.807) is 0 Å². The fraction of sp³-hybridized carbons (Fsp3) is 0.412. The smallest absolute Gasteiger partial charge is 0.334 e. The van der Waals surface area contributed by atoms with Gasteiger partial charge in [-0.25, -0.2) is 18.5 Å². The first-order chi connectivity index (χ1) is 12.8. The van der Waals surface area contributed by atoms with Crippen molar-refractivity contribution in [2.45, 2.75) is 18.4 Å². The van der Waals surface area contributed by atoms with Crippen molar-refractivity contribution in [3.63, 3.8) is 0 Å². The molecule has 0 radical (unpaired) electrons. The molecule has 8 nitrogen and oxygen atoms in total. The first-order valence-corrected chi connectivity index (χ1v) is 8.38. The van der Waals surface area contributed by atoms with E-state index >= 15 is 0 Å². The van der Waals surface area contributed by atoms with Crippen LogP contribution in [0, 0.1) is 11.6 Å². The van der Waals surface area contributed by atoms with Crippen LogP contribution in [0.1, 0.15) is 17.9 Å². The van der Waals surface area contributed by atoms with Crippen molar-refractivity contribution in [3.05, 3.63) is 35.4 Å². The maximum atomic E-state index is 13.6. The molecule has 2 N–H and O–H groups in total. The summed E-state index contributed by atoms with van der Waals surface area (Å²) in [4.78, 5) is 48.6. The number of likely N-dealkylation sites (N-methyl/N-ethyl adjacent to an activating group) is 1. The quantitative estimate of drug-likeness (QED) is 0.564. The molecule has 0 bridgehead atoms. The van der Waals surface area contributed by atoms with Gasteiger partial charge in [0.25, 0.3) is 0 Å². The number of halogens is 2. The summed E-state index contributed by atoms with van der Waals surface area (Å²) in [6.07, 6.45) is 0.582. The molecule has 0 aliphatic carbocycles. The normalized spacial score (nSPS) is 23.1. The molecule has 2 fully saturated rings. The molecule has 1 aromatic carbocycles. The van der Waals surface area contributed by atoms with Gasteiger partial charge < -0.3 is 10.6 Å². The molecular weight excluding hydrogens is 362 g/mol. The second-order valence-electron chi connectivity index (χ2n) is 6.48. The van der Waals surface area contributed by atoms with Crippen molar-refractivity contribution in [1.29, 1.82) is 0 Å². The molecular formula is C17H18F2N4O4. The van der Waals surface area contributed by atoms with Crippen LogP contribution in [0.5, 0.6) is 0 Å². The minimum absolute atomic E-state index is 0.264. The zero-order valence-corrected chi connectivity index (χ0v) is 14.5. The number of urea groups is 1. The molecule has 2 atom stereocenters. The molecule has 2 aliphatic rings. The van der Waals surface area contributed by atoms with Gasteiger partial charge >= 0.3 is 17.8 Å². The van der Waals surface area contributed by atoms with Gasteiger partial charge in [-0.3, -0.25) is 19.3 Å². The molecule has 1 aromatic rings. The lowest BCUT2D eigenvalue weighted by Crippen LogP contribution is -2.52. The zero-order chi connectivity index (χ0) is 19.7. The van der Waals surface area contributed by atoms with Gasteiger partial charge in [0.05, 0.1) is 0 Å². The Labute approximate surface area is 153 Å². The summed E-state index contributed by atoms with van der Waals surface area (Å²) in [6, 6.07) is 2.30. The van der Waals surface area contributed by atoms with E-state index in [0.717, 1.165) is 19.2 Å². The number of imide groups is 2. The van der Waals surface area contributed by atoms with Crippen molar-refractivity contribution in [3.8, 4) is 0 Å². The molecule has 144 valence electrons. The molecule has 0 aromatic heterocycles. The van der Waals surface area contributed by atoms with E-state index in [2.05, 4.69) is 10.6 Å². The van der Waals surface area contributed by atoms with E-state index in [-0.39, 0.29) is 5.92 Å². The fourth-order valence-corrected chi connectivity index (χ4v) is 3.30. The lowest BCUT2D eigenvalue weighted by atomic mass is 9.86. The predicted molar refractivity (Wildman–Crippen MR) is 88.4 cm³/mol. The summed E-state index contributed by atoms with van der Waals surface area (Å²) >= 11 is 0. The standard InChI is InChI=1S/C17H18F2N4O4/c1-22-15(25)16(26)23(17(22)27)8-14(24)21-13-7-20-5-4-10(13)9-2-3-11(18)12(19)6-9/h2-3,6,10,13,20H,4-5,7-8H2,1H3,(H,21,24). The third-order valence-electron chi connectivity index (χ3n) is 4.75. The first-order valence-electron chi connectivity index (χ1n) is 8.38. The van der Waals surface area contributed by atoms with Gasteiger partial charge in [-0.1, -0.05) is 6.07 Å². The number of nitrogens with zero attached hydrogens (tertiary/aromatic N) is 2. The summed E-state index contributed by atoms with van der Waals surface area (Å²) < 4.78 is 26.7. The Morgan fingerprint density at radius 3 is 2.59 bits per heavy atom. The van der Waals surface area contributed by atoms with Crippen molar-refractivity contribution >= 4 is 23.8 Å². The van der Waals surface area contributed by atoms with Crippen LogP contribution in [0.25, 0.3) is 0 Å². The Morgan fingerprint density at radius 2 is 1.96 bits per heavy atom. The number of hydrogen-bond acceptors (Lipinski definition) is 5. The SMILES string of the molecule is CN1C(=O)C(=O)N(CC(=O)NC2CNCCC2c2ccc(F)c(F)c2)C1=O. The van der Waals surface area contributed by atoms with E-state index < -0.39 is 48.0 Å². The molecule has 3 rings (SSSR count). The van der Waals surface area contributed by atoms with Crippen molar-refractivity contribution < 1.29 is 28.0 Å². The molecule has 5 amide bonds. The summed E-state index contributed by atoms with van der Waals surface area (Å²) in [5.74, 6) is -4.86. The third-order valence-corrected chi connectivity index (χ3v) is 4.75. The molecule has 27 heavy (non-hydrogen) atoms. The summed E-state index contributed by atoms with van der Waals surface area (Å²) in [6.45, 7) is 0.434. The van der Waals surface area contributed by atoms with Crippen LogP contribution in [0.15, 0.2) is 18.2 Å². The van der Waals surface area contributed by atoms with Crippen molar-refractivity contribution in [2.24, 2.45) is 0 Å². The molecule has 2 saturated heterocycles. The Hall–Kier alpha value is -2.88. The molecule has 2 unspecified atom stereocenters. The average molecular weight is 380 g/mol. The highest BCUT2D eigenvalue weighted by molar-refractivity contribution is 6.44. The molecule has 0 spiro atoms. The van der Waals surface area contributed by atoms with Crippen LogP contribution < -0.4 is 10.6 Å². The van der Waals surface area contributed by atoms with Crippen LogP contribution in [0.2, 0.25) is 0 Å². The second-order valence-corrected chi connectivity index (χ2v) is 6.48. The van der Waals surface area contributed by atoms with Crippen LogP contribution in [0.4, 0.5) is 13.6 Å². The molecule has 0 saturated carbocycles. The Bertz CT molecular complexity index is 816. The maximum Gasteiger partial charge on any atom is 0.334 e. The minimum atomic E-state index is -1.06. The number of amides is 5. The monoisotopic (exact) mass is 380 g/mol. The summed E-state index contributed by atoms with van der Waals surface area (Å²) in [5.41, 5.74) is 0.545. The highest BCUT2D eigenvalue weighted by atomic mass is 19.2. The van der Waals surface area contributed by atoms with E-state index in [1.807, 2.05) is 0 Å². The maximum absolute atomic E-state index is 13.6. The Kier molecular flexibility index (Phi) is 5.17. The summed E-state index contributed by atoms with van der Waals surface area (Å²) in [5, 5.41) is 5.80. The number of rotatable bonds is 4. The zero-order valence-electron chi connectivity index (χ0n) is 14.5. The van der Waals surface area contributed by atoms with Crippen LogP contribution in [-0.2, 0) is 14.4 Å². The highest BCUT2D eigenvalue weighted by Gasteiger charge is 2.43.